The van der Waals surface area contributed by atoms with Crippen molar-refractivity contribution < 1.29 is 0 Å². The maximum absolute atomic E-state index is 8.75. The van der Waals surface area contributed by atoms with Crippen LogP contribution in [0.5, 0.6) is 0 Å². The smallest absolute Gasteiger partial charge is 0.0723 e. The fourth-order valence-electron chi connectivity index (χ4n) is 6.52. The summed E-state index contributed by atoms with van der Waals surface area (Å²) in [5, 5.41) is 11.1. The Morgan fingerprint density at radius 2 is 1.00 bits per heavy atom. The van der Waals surface area contributed by atoms with Crippen molar-refractivity contribution in [3.8, 4) is 44.8 Å². The molecule has 2 aromatic heterocycles. The SMILES string of the molecule is N=C(/C=C(\N=C\c1cccc(-c2ccc(-c3cc(-c4ccccn4)cc(-c4ccccn4)c3)c3ccccc23)c1)c1ccccc1)c1ccccc1. The Balaban J connectivity index is 1.18. The Labute approximate surface area is 303 Å². The number of hydrogen-bond donors (Lipinski definition) is 1. The van der Waals surface area contributed by atoms with E-state index >= 15 is 0 Å². The maximum Gasteiger partial charge on any atom is 0.0723 e. The van der Waals surface area contributed by atoms with E-state index in [1.165, 1.54) is 0 Å². The number of allylic oxidation sites excluding steroid dienone is 1. The maximum atomic E-state index is 8.75. The van der Waals surface area contributed by atoms with Gasteiger partial charge in [0.05, 0.1) is 22.8 Å². The fraction of sp³-hybridized carbons (Fsp3) is 0. The average molecular weight is 667 g/mol. The zero-order chi connectivity index (χ0) is 35.1. The van der Waals surface area contributed by atoms with E-state index in [4.69, 9.17) is 10.4 Å². The highest BCUT2D eigenvalue weighted by atomic mass is 14.7. The number of aromatic nitrogens is 2. The minimum atomic E-state index is 0.412. The Kier molecular flexibility index (Phi) is 9.18. The van der Waals surface area contributed by atoms with Crippen molar-refractivity contribution in [3.63, 3.8) is 0 Å². The molecule has 4 heteroatoms. The number of nitrogens with zero attached hydrogens (tertiary/aromatic N) is 3. The van der Waals surface area contributed by atoms with Crippen LogP contribution in [0.3, 0.4) is 0 Å². The topological polar surface area (TPSA) is 62.0 Å². The highest BCUT2D eigenvalue weighted by Crippen LogP contribution is 2.38. The summed E-state index contributed by atoms with van der Waals surface area (Å²) in [4.78, 5) is 14.3. The highest BCUT2D eigenvalue weighted by molar-refractivity contribution is 6.11. The molecule has 0 saturated carbocycles. The minimum Gasteiger partial charge on any atom is -0.300 e. The molecule has 0 aliphatic rings. The zero-order valence-electron chi connectivity index (χ0n) is 28.4. The van der Waals surface area contributed by atoms with Gasteiger partial charge in [0.25, 0.3) is 0 Å². The van der Waals surface area contributed by atoms with Crippen LogP contribution in [0.15, 0.2) is 199 Å². The number of benzene rings is 6. The number of rotatable bonds is 9. The van der Waals surface area contributed by atoms with Crippen molar-refractivity contribution in [3.05, 3.63) is 211 Å². The van der Waals surface area contributed by atoms with E-state index in [0.29, 0.717) is 5.71 Å². The molecule has 4 nitrogen and oxygen atoms in total. The van der Waals surface area contributed by atoms with Crippen molar-refractivity contribution in [1.82, 2.24) is 9.97 Å². The van der Waals surface area contributed by atoms with Crippen LogP contribution in [0, 0.1) is 5.41 Å². The summed E-state index contributed by atoms with van der Waals surface area (Å²) < 4.78 is 0. The summed E-state index contributed by atoms with van der Waals surface area (Å²) in [5.41, 5.74) is 12.3. The van der Waals surface area contributed by atoms with E-state index in [0.717, 1.165) is 77.9 Å². The number of fused-ring (bicyclic) bond motifs is 1. The van der Waals surface area contributed by atoms with Crippen LogP contribution in [0.4, 0.5) is 0 Å². The number of nitrogens with one attached hydrogen (secondary N) is 1. The number of hydrogen-bond acceptors (Lipinski definition) is 4. The molecule has 8 aromatic rings. The lowest BCUT2D eigenvalue weighted by molar-refractivity contribution is 1.31. The van der Waals surface area contributed by atoms with Gasteiger partial charge < -0.3 is 5.41 Å². The molecule has 0 spiro atoms. The van der Waals surface area contributed by atoms with E-state index in [1.807, 2.05) is 122 Å². The largest absolute Gasteiger partial charge is 0.300 e. The van der Waals surface area contributed by atoms with Crippen molar-refractivity contribution in [2.45, 2.75) is 0 Å². The Morgan fingerprint density at radius 3 is 1.60 bits per heavy atom. The van der Waals surface area contributed by atoms with Gasteiger partial charge in [-0.05, 0) is 98.8 Å². The molecule has 0 aliphatic heterocycles. The van der Waals surface area contributed by atoms with Crippen LogP contribution in [-0.2, 0) is 0 Å². The van der Waals surface area contributed by atoms with E-state index < -0.39 is 0 Å². The van der Waals surface area contributed by atoms with Crippen LogP contribution in [0.1, 0.15) is 16.7 Å². The molecule has 6 aromatic carbocycles. The summed E-state index contributed by atoms with van der Waals surface area (Å²) in [5.74, 6) is 0. The van der Waals surface area contributed by atoms with Crippen molar-refractivity contribution in [2.24, 2.45) is 4.99 Å². The monoisotopic (exact) mass is 666 g/mol. The highest BCUT2D eigenvalue weighted by Gasteiger charge is 2.14. The van der Waals surface area contributed by atoms with Gasteiger partial charge in [-0.2, -0.15) is 0 Å². The van der Waals surface area contributed by atoms with E-state index in [9.17, 15) is 0 Å². The first-order chi connectivity index (χ1) is 25.7. The molecule has 0 aliphatic carbocycles. The van der Waals surface area contributed by atoms with Crippen molar-refractivity contribution in [1.29, 1.82) is 5.41 Å². The van der Waals surface area contributed by atoms with Crippen LogP contribution >= 0.6 is 0 Å². The predicted molar refractivity (Wildman–Crippen MR) is 217 cm³/mol. The van der Waals surface area contributed by atoms with Crippen LogP contribution in [-0.4, -0.2) is 21.9 Å². The predicted octanol–water partition coefficient (Wildman–Crippen LogP) is 11.8. The van der Waals surface area contributed by atoms with Gasteiger partial charge in [0.15, 0.2) is 0 Å². The fourth-order valence-corrected chi connectivity index (χ4v) is 6.52. The van der Waals surface area contributed by atoms with Gasteiger partial charge in [0.1, 0.15) is 0 Å². The number of pyridine rings is 2. The molecule has 246 valence electrons. The zero-order valence-corrected chi connectivity index (χ0v) is 28.4. The molecule has 0 unspecified atom stereocenters. The Morgan fingerprint density at radius 1 is 0.462 bits per heavy atom. The molecular formula is C48H34N4. The molecule has 0 saturated heterocycles. The van der Waals surface area contributed by atoms with Gasteiger partial charge in [0, 0.05) is 35.3 Å². The second-order valence-electron chi connectivity index (χ2n) is 12.5. The summed E-state index contributed by atoms with van der Waals surface area (Å²) in [6.45, 7) is 0. The molecule has 0 fully saturated rings. The quantitative estimate of drug-likeness (QED) is 0.156. The van der Waals surface area contributed by atoms with Gasteiger partial charge >= 0.3 is 0 Å². The number of aliphatic imine (C=N–C) groups is 1. The second kappa shape index (κ2) is 14.8. The third-order valence-electron chi connectivity index (χ3n) is 9.08. The van der Waals surface area contributed by atoms with Crippen LogP contribution in [0.25, 0.3) is 61.2 Å². The molecule has 52 heavy (non-hydrogen) atoms. The summed E-state index contributed by atoms with van der Waals surface area (Å²) in [7, 11) is 0. The summed E-state index contributed by atoms with van der Waals surface area (Å²) in [6, 6.07) is 59.9. The second-order valence-corrected chi connectivity index (χ2v) is 12.5. The summed E-state index contributed by atoms with van der Waals surface area (Å²) in [6.07, 6.45) is 7.39. The lowest BCUT2D eigenvalue weighted by atomic mass is 9.90. The first kappa shape index (κ1) is 32.2. The van der Waals surface area contributed by atoms with Crippen molar-refractivity contribution >= 4 is 28.4 Å². The third-order valence-corrected chi connectivity index (χ3v) is 9.08. The molecule has 2 heterocycles. The average Bonchev–Trinajstić information content (AvgIpc) is 3.23. The normalized spacial score (nSPS) is 11.6. The van der Waals surface area contributed by atoms with E-state index in [1.54, 1.807) is 0 Å². The van der Waals surface area contributed by atoms with Crippen LogP contribution in [0.2, 0.25) is 0 Å². The molecule has 1 N–H and O–H groups in total. The molecule has 0 amide bonds. The lowest BCUT2D eigenvalue weighted by Gasteiger charge is -2.15. The standard InChI is InChI=1S/C48H34N4/c49-45(35-15-3-1-4-16-35)32-48(36-17-5-2-6-18-36)52-33-34-14-13-19-37(28-34)41-24-25-42(44-21-8-7-20-43(41)44)38-29-39(46-22-9-11-26-50-46)31-40(30-38)47-23-10-12-27-51-47/h1-33,49H/b48-32-,49-45?,52-33+. The Bertz CT molecular complexity index is 2500. The molecule has 0 bridgehead atoms. The van der Waals surface area contributed by atoms with Gasteiger partial charge in [0.2, 0.25) is 0 Å². The van der Waals surface area contributed by atoms with Gasteiger partial charge in [-0.3, -0.25) is 15.0 Å². The Hall–Kier alpha value is -7.04. The molecule has 8 rings (SSSR count). The van der Waals surface area contributed by atoms with Crippen LogP contribution < -0.4 is 0 Å². The third kappa shape index (κ3) is 7.00. The molecule has 0 radical (unpaired) electrons. The summed E-state index contributed by atoms with van der Waals surface area (Å²) >= 11 is 0. The van der Waals surface area contributed by atoms with Gasteiger partial charge in [-0.15, -0.1) is 0 Å². The lowest BCUT2D eigenvalue weighted by Crippen LogP contribution is -1.96. The van der Waals surface area contributed by atoms with Gasteiger partial charge in [-0.1, -0.05) is 127 Å². The van der Waals surface area contributed by atoms with E-state index in [2.05, 4.69) is 88.8 Å². The molecule has 0 atom stereocenters. The minimum absolute atomic E-state index is 0.412. The van der Waals surface area contributed by atoms with Gasteiger partial charge in [-0.25, -0.2) is 0 Å². The first-order valence-corrected chi connectivity index (χ1v) is 17.3. The van der Waals surface area contributed by atoms with Crippen molar-refractivity contribution in [2.75, 3.05) is 0 Å². The van der Waals surface area contributed by atoms with E-state index in [-0.39, 0.29) is 0 Å². The first-order valence-electron chi connectivity index (χ1n) is 17.3. The molecular weight excluding hydrogens is 633 g/mol.